The third-order valence-corrected chi connectivity index (χ3v) is 4.88. The average molecular weight is 233 g/mol. The molecule has 0 spiro atoms. The molecule has 0 aliphatic carbocycles. The van der Waals surface area contributed by atoms with Gasteiger partial charge in [0.05, 0.1) is 5.75 Å². The lowest BCUT2D eigenvalue weighted by atomic mass is 9.96. The largest absolute Gasteiger partial charge is 0.299 e. The molecule has 1 aliphatic heterocycles. The monoisotopic (exact) mass is 233 g/mol. The molecular formula is C10H19NO3S. The normalized spacial score (nSPS) is 24.4. The number of piperidine rings is 1. The fourth-order valence-electron chi connectivity index (χ4n) is 1.87. The fourth-order valence-corrected chi connectivity index (χ4v) is 3.43. The van der Waals surface area contributed by atoms with E-state index in [-0.39, 0.29) is 17.5 Å². The summed E-state index contributed by atoms with van der Waals surface area (Å²) >= 11 is 0. The van der Waals surface area contributed by atoms with E-state index in [1.54, 1.807) is 0 Å². The second-order valence-corrected chi connectivity index (χ2v) is 6.08. The van der Waals surface area contributed by atoms with Crippen molar-refractivity contribution in [3.8, 4) is 0 Å². The highest BCUT2D eigenvalue weighted by Gasteiger charge is 2.31. The van der Waals surface area contributed by atoms with Gasteiger partial charge < -0.3 is 0 Å². The third-order valence-electron chi connectivity index (χ3n) is 2.84. The van der Waals surface area contributed by atoms with Gasteiger partial charge in [-0.1, -0.05) is 13.8 Å². The summed E-state index contributed by atoms with van der Waals surface area (Å²) in [6, 6.07) is 0. The molecule has 1 aliphatic rings. The molecule has 1 unspecified atom stereocenters. The summed E-state index contributed by atoms with van der Waals surface area (Å²) in [6.07, 6.45) is 1.74. The predicted molar refractivity (Wildman–Crippen MR) is 59.1 cm³/mol. The number of rotatable bonds is 4. The molecule has 88 valence electrons. The van der Waals surface area contributed by atoms with Crippen molar-refractivity contribution in [2.24, 2.45) is 5.92 Å². The summed E-state index contributed by atoms with van der Waals surface area (Å²) in [5, 5.41) is 0. The minimum absolute atomic E-state index is 0.0922. The van der Waals surface area contributed by atoms with Gasteiger partial charge in [-0.05, 0) is 12.8 Å². The van der Waals surface area contributed by atoms with E-state index in [2.05, 4.69) is 0 Å². The van der Waals surface area contributed by atoms with Crippen LogP contribution in [0.1, 0.15) is 33.1 Å². The van der Waals surface area contributed by atoms with Crippen LogP contribution < -0.4 is 0 Å². The van der Waals surface area contributed by atoms with Gasteiger partial charge in [0.2, 0.25) is 10.0 Å². The highest BCUT2D eigenvalue weighted by atomic mass is 32.2. The van der Waals surface area contributed by atoms with Crippen LogP contribution in [0.5, 0.6) is 0 Å². The second-order valence-electron chi connectivity index (χ2n) is 4.00. The van der Waals surface area contributed by atoms with Crippen LogP contribution in [0, 0.1) is 5.92 Å². The molecule has 0 aromatic heterocycles. The predicted octanol–water partition coefficient (Wildman–Crippen LogP) is 1.03. The number of sulfonamides is 1. The molecule has 0 aromatic carbocycles. The van der Waals surface area contributed by atoms with E-state index in [9.17, 15) is 13.2 Å². The van der Waals surface area contributed by atoms with Crippen LogP contribution in [0.25, 0.3) is 0 Å². The molecule has 0 amide bonds. The molecule has 0 aromatic rings. The first-order valence-corrected chi connectivity index (χ1v) is 7.12. The lowest BCUT2D eigenvalue weighted by Gasteiger charge is -2.30. The summed E-state index contributed by atoms with van der Waals surface area (Å²) < 4.78 is 25.0. The first kappa shape index (κ1) is 12.6. The molecule has 1 saturated heterocycles. The maximum absolute atomic E-state index is 11.8. The maximum atomic E-state index is 11.8. The zero-order chi connectivity index (χ0) is 11.5. The summed E-state index contributed by atoms with van der Waals surface area (Å²) in [5.41, 5.74) is 0. The van der Waals surface area contributed by atoms with Gasteiger partial charge in [-0.25, -0.2) is 12.7 Å². The van der Waals surface area contributed by atoms with E-state index in [4.69, 9.17) is 0 Å². The summed E-state index contributed by atoms with van der Waals surface area (Å²) in [5.74, 6) is 0.309. The van der Waals surface area contributed by atoms with E-state index in [0.717, 1.165) is 6.42 Å². The van der Waals surface area contributed by atoms with Crippen molar-refractivity contribution < 1.29 is 13.2 Å². The number of hydrogen-bond acceptors (Lipinski definition) is 3. The minimum Gasteiger partial charge on any atom is -0.299 e. The van der Waals surface area contributed by atoms with Crippen LogP contribution in [0.2, 0.25) is 0 Å². The van der Waals surface area contributed by atoms with E-state index >= 15 is 0 Å². The number of carbonyl (C=O) groups is 1. The molecule has 0 radical (unpaired) electrons. The topological polar surface area (TPSA) is 54.5 Å². The van der Waals surface area contributed by atoms with Gasteiger partial charge in [0.15, 0.2) is 0 Å². The van der Waals surface area contributed by atoms with E-state index in [0.29, 0.717) is 25.9 Å². The molecule has 0 N–H and O–H groups in total. The van der Waals surface area contributed by atoms with Crippen molar-refractivity contribution in [1.82, 2.24) is 4.31 Å². The van der Waals surface area contributed by atoms with Gasteiger partial charge in [-0.15, -0.1) is 0 Å². The molecule has 15 heavy (non-hydrogen) atoms. The average Bonchev–Trinajstić information content (AvgIpc) is 2.18. The van der Waals surface area contributed by atoms with E-state index < -0.39 is 10.0 Å². The van der Waals surface area contributed by atoms with Gasteiger partial charge in [0, 0.05) is 25.4 Å². The quantitative estimate of drug-likeness (QED) is 0.728. The molecule has 0 bridgehead atoms. The zero-order valence-corrected chi connectivity index (χ0v) is 10.2. The Hall–Kier alpha value is -0.420. The Kier molecular flexibility index (Phi) is 4.28. The molecule has 1 rings (SSSR count). The summed E-state index contributed by atoms with van der Waals surface area (Å²) in [4.78, 5) is 11.4. The number of Topliss-reactive ketones (excluding diaryl/α,β-unsaturated/α-hetero) is 1. The standard InChI is InChI=1S/C10H19NO3S/c1-3-7-15(13,14)11-6-5-10(12)9(4-2)8-11/h9H,3-8H2,1-2H3. The van der Waals surface area contributed by atoms with Crippen LogP contribution in [0.4, 0.5) is 0 Å². The highest BCUT2D eigenvalue weighted by molar-refractivity contribution is 7.89. The van der Waals surface area contributed by atoms with E-state index in [1.165, 1.54) is 4.31 Å². The van der Waals surface area contributed by atoms with E-state index in [1.807, 2.05) is 13.8 Å². The Morgan fingerprint density at radius 2 is 2.07 bits per heavy atom. The fraction of sp³-hybridized carbons (Fsp3) is 0.900. The molecule has 1 fully saturated rings. The van der Waals surface area contributed by atoms with Crippen molar-refractivity contribution in [2.45, 2.75) is 33.1 Å². The van der Waals surface area contributed by atoms with Crippen molar-refractivity contribution in [3.05, 3.63) is 0 Å². The molecule has 5 heteroatoms. The van der Waals surface area contributed by atoms with Gasteiger partial charge >= 0.3 is 0 Å². The molecular weight excluding hydrogens is 214 g/mol. The maximum Gasteiger partial charge on any atom is 0.214 e. The molecule has 0 saturated carbocycles. The van der Waals surface area contributed by atoms with Gasteiger partial charge in [0.1, 0.15) is 5.78 Å². The van der Waals surface area contributed by atoms with Crippen LogP contribution in [-0.2, 0) is 14.8 Å². The molecule has 1 atom stereocenters. The zero-order valence-electron chi connectivity index (χ0n) is 9.40. The Labute approximate surface area is 91.7 Å². The first-order valence-electron chi connectivity index (χ1n) is 5.51. The molecule has 1 heterocycles. The van der Waals surface area contributed by atoms with Crippen molar-refractivity contribution in [1.29, 1.82) is 0 Å². The minimum atomic E-state index is -3.12. The lowest BCUT2D eigenvalue weighted by molar-refractivity contribution is -0.125. The highest BCUT2D eigenvalue weighted by Crippen LogP contribution is 2.19. The number of carbonyl (C=O) groups excluding carboxylic acids is 1. The van der Waals surface area contributed by atoms with Gasteiger partial charge in [-0.2, -0.15) is 0 Å². The van der Waals surface area contributed by atoms with Crippen LogP contribution in [0.15, 0.2) is 0 Å². The van der Waals surface area contributed by atoms with Gasteiger partial charge in [0.25, 0.3) is 0 Å². The van der Waals surface area contributed by atoms with Gasteiger partial charge in [-0.3, -0.25) is 4.79 Å². The Balaban J connectivity index is 2.70. The van der Waals surface area contributed by atoms with Crippen molar-refractivity contribution >= 4 is 15.8 Å². The summed E-state index contributed by atoms with van der Waals surface area (Å²) in [6.45, 7) is 4.54. The number of hydrogen-bond donors (Lipinski definition) is 0. The first-order chi connectivity index (χ1) is 7.01. The second kappa shape index (κ2) is 5.07. The van der Waals surface area contributed by atoms with Crippen LogP contribution in [0.3, 0.4) is 0 Å². The Morgan fingerprint density at radius 1 is 1.40 bits per heavy atom. The smallest absolute Gasteiger partial charge is 0.214 e. The molecule has 4 nitrogen and oxygen atoms in total. The SMILES string of the molecule is CCCS(=O)(=O)N1CCC(=O)C(CC)C1. The third kappa shape index (κ3) is 3.01. The lowest BCUT2D eigenvalue weighted by Crippen LogP contribution is -2.44. The Bertz CT molecular complexity index is 324. The Morgan fingerprint density at radius 3 is 2.60 bits per heavy atom. The van der Waals surface area contributed by atoms with Crippen molar-refractivity contribution in [3.63, 3.8) is 0 Å². The summed E-state index contributed by atoms with van der Waals surface area (Å²) in [7, 11) is -3.12. The number of nitrogens with zero attached hydrogens (tertiary/aromatic N) is 1. The van der Waals surface area contributed by atoms with Crippen LogP contribution in [-0.4, -0.2) is 37.3 Å². The number of ketones is 1. The van der Waals surface area contributed by atoms with Crippen molar-refractivity contribution in [2.75, 3.05) is 18.8 Å². The van der Waals surface area contributed by atoms with Crippen LogP contribution >= 0.6 is 0 Å².